The summed E-state index contributed by atoms with van der Waals surface area (Å²) in [6, 6.07) is 3.80. The van der Waals surface area contributed by atoms with E-state index in [0.717, 1.165) is 18.6 Å². The third-order valence-corrected chi connectivity index (χ3v) is 2.04. The lowest BCUT2D eigenvalue weighted by atomic mass is 10.2. The van der Waals surface area contributed by atoms with E-state index in [0.29, 0.717) is 9.79 Å². The van der Waals surface area contributed by atoms with Gasteiger partial charge in [0.1, 0.15) is 5.76 Å². The van der Waals surface area contributed by atoms with E-state index in [1.807, 2.05) is 34.7 Å². The van der Waals surface area contributed by atoms with Crippen molar-refractivity contribution >= 4 is 22.6 Å². The summed E-state index contributed by atoms with van der Waals surface area (Å²) in [6.07, 6.45) is 3.18. The summed E-state index contributed by atoms with van der Waals surface area (Å²) in [7, 11) is 0. The molecular weight excluding hydrogens is 283 g/mol. The standard InChI is InChI=1S/C8H7IN2O2/c9-8-11-10-7(13-8)4-3-6-2-1-5-12-6/h1-2,5H,3-4H2. The van der Waals surface area contributed by atoms with Crippen LogP contribution in [0.2, 0.25) is 0 Å². The summed E-state index contributed by atoms with van der Waals surface area (Å²) in [5, 5.41) is 7.61. The molecule has 2 aromatic heterocycles. The number of nitrogens with zero attached hydrogens (tertiary/aromatic N) is 2. The van der Waals surface area contributed by atoms with Crippen molar-refractivity contribution in [2.75, 3.05) is 0 Å². The zero-order valence-corrected chi connectivity index (χ0v) is 8.89. The molecule has 2 aromatic rings. The van der Waals surface area contributed by atoms with Crippen molar-refractivity contribution in [1.82, 2.24) is 10.2 Å². The predicted molar refractivity (Wildman–Crippen MR) is 53.1 cm³/mol. The summed E-state index contributed by atoms with van der Waals surface area (Å²) in [4.78, 5) is 0. The van der Waals surface area contributed by atoms with Gasteiger partial charge < -0.3 is 8.83 Å². The van der Waals surface area contributed by atoms with E-state index in [4.69, 9.17) is 8.83 Å². The molecule has 0 spiro atoms. The normalized spacial score (nSPS) is 10.5. The highest BCUT2D eigenvalue weighted by atomic mass is 127. The van der Waals surface area contributed by atoms with Crippen molar-refractivity contribution in [3.05, 3.63) is 33.9 Å². The summed E-state index contributed by atoms with van der Waals surface area (Å²) < 4.78 is 11.0. The van der Waals surface area contributed by atoms with Crippen LogP contribution in [0.5, 0.6) is 0 Å². The molecule has 0 saturated heterocycles. The van der Waals surface area contributed by atoms with E-state index in [2.05, 4.69) is 10.2 Å². The Labute approximate surface area is 88.5 Å². The first-order chi connectivity index (χ1) is 6.34. The fourth-order valence-electron chi connectivity index (χ4n) is 1.02. The van der Waals surface area contributed by atoms with E-state index in [9.17, 15) is 0 Å². The summed E-state index contributed by atoms with van der Waals surface area (Å²) in [6.45, 7) is 0. The van der Waals surface area contributed by atoms with Gasteiger partial charge in [-0.2, -0.15) is 0 Å². The molecule has 68 valence electrons. The van der Waals surface area contributed by atoms with Crippen LogP contribution in [0.3, 0.4) is 0 Å². The van der Waals surface area contributed by atoms with Gasteiger partial charge in [-0.15, -0.1) is 10.2 Å². The largest absolute Gasteiger partial charge is 0.469 e. The molecule has 0 aliphatic carbocycles. The summed E-state index contributed by atoms with van der Waals surface area (Å²) in [5.74, 6) is 1.59. The lowest BCUT2D eigenvalue weighted by Crippen LogP contribution is -1.89. The number of hydrogen-bond donors (Lipinski definition) is 0. The first-order valence-electron chi connectivity index (χ1n) is 3.85. The molecule has 0 radical (unpaired) electrons. The van der Waals surface area contributed by atoms with Crippen LogP contribution in [-0.4, -0.2) is 10.2 Å². The molecule has 0 aliphatic heterocycles. The molecule has 0 aromatic carbocycles. The van der Waals surface area contributed by atoms with Crippen molar-refractivity contribution in [3.63, 3.8) is 0 Å². The van der Waals surface area contributed by atoms with E-state index < -0.39 is 0 Å². The van der Waals surface area contributed by atoms with Crippen LogP contribution in [0.4, 0.5) is 0 Å². The van der Waals surface area contributed by atoms with E-state index in [1.165, 1.54) is 0 Å². The number of aryl methyl sites for hydroxylation is 2. The highest BCUT2D eigenvalue weighted by Crippen LogP contribution is 2.07. The van der Waals surface area contributed by atoms with Gasteiger partial charge in [-0.25, -0.2) is 0 Å². The second kappa shape index (κ2) is 3.91. The molecule has 0 N–H and O–H groups in total. The lowest BCUT2D eigenvalue weighted by molar-refractivity contribution is 0.450. The molecule has 0 amide bonds. The summed E-state index contributed by atoms with van der Waals surface area (Å²) >= 11 is 1.99. The molecule has 4 nitrogen and oxygen atoms in total. The van der Waals surface area contributed by atoms with Crippen LogP contribution in [0.25, 0.3) is 0 Å². The number of hydrogen-bond acceptors (Lipinski definition) is 4. The third-order valence-electron chi connectivity index (χ3n) is 1.61. The average Bonchev–Trinajstić information content (AvgIpc) is 2.71. The minimum Gasteiger partial charge on any atom is -0.469 e. The minimum absolute atomic E-state index is 0.576. The van der Waals surface area contributed by atoms with Crippen LogP contribution in [0.15, 0.2) is 27.2 Å². The van der Waals surface area contributed by atoms with Crippen molar-refractivity contribution in [2.24, 2.45) is 0 Å². The first-order valence-corrected chi connectivity index (χ1v) is 4.93. The molecule has 2 rings (SSSR count). The number of halogens is 1. The molecule has 0 unspecified atom stereocenters. The molecule has 0 aliphatic rings. The van der Waals surface area contributed by atoms with Crippen LogP contribution in [0.1, 0.15) is 11.7 Å². The highest BCUT2D eigenvalue weighted by molar-refractivity contribution is 14.1. The molecule has 0 fully saturated rings. The van der Waals surface area contributed by atoms with Gasteiger partial charge >= 0.3 is 0 Å². The van der Waals surface area contributed by atoms with Crippen molar-refractivity contribution in [2.45, 2.75) is 12.8 Å². The summed E-state index contributed by atoms with van der Waals surface area (Å²) in [5.41, 5.74) is 0. The van der Waals surface area contributed by atoms with Gasteiger partial charge in [0.2, 0.25) is 5.89 Å². The maximum absolute atomic E-state index is 5.20. The molecule has 5 heteroatoms. The van der Waals surface area contributed by atoms with E-state index in [1.54, 1.807) is 6.26 Å². The highest BCUT2D eigenvalue weighted by Gasteiger charge is 2.04. The molecular formula is C8H7IN2O2. The fourth-order valence-corrected chi connectivity index (χ4v) is 1.38. The topological polar surface area (TPSA) is 52.1 Å². The fraction of sp³-hybridized carbons (Fsp3) is 0.250. The zero-order valence-electron chi connectivity index (χ0n) is 6.74. The minimum atomic E-state index is 0.576. The average molecular weight is 290 g/mol. The Bertz CT molecular complexity index is 369. The van der Waals surface area contributed by atoms with Crippen molar-refractivity contribution < 1.29 is 8.83 Å². The monoisotopic (exact) mass is 290 g/mol. The van der Waals surface area contributed by atoms with Gasteiger partial charge in [0, 0.05) is 35.4 Å². The second-order valence-corrected chi connectivity index (χ2v) is 3.45. The van der Waals surface area contributed by atoms with Gasteiger partial charge in [0.05, 0.1) is 6.26 Å². The van der Waals surface area contributed by atoms with E-state index in [-0.39, 0.29) is 0 Å². The molecule has 0 bridgehead atoms. The second-order valence-electron chi connectivity index (χ2n) is 2.53. The van der Waals surface area contributed by atoms with Crippen molar-refractivity contribution in [1.29, 1.82) is 0 Å². The smallest absolute Gasteiger partial charge is 0.278 e. The van der Waals surface area contributed by atoms with Crippen molar-refractivity contribution in [3.8, 4) is 0 Å². The van der Waals surface area contributed by atoms with Gasteiger partial charge in [-0.3, -0.25) is 0 Å². The Morgan fingerprint density at radius 2 is 2.23 bits per heavy atom. The Morgan fingerprint density at radius 1 is 1.31 bits per heavy atom. The van der Waals surface area contributed by atoms with Crippen LogP contribution >= 0.6 is 22.6 Å². The Morgan fingerprint density at radius 3 is 2.85 bits per heavy atom. The Balaban J connectivity index is 1.93. The van der Waals surface area contributed by atoms with Crippen LogP contribution < -0.4 is 0 Å². The van der Waals surface area contributed by atoms with Gasteiger partial charge in [-0.05, 0) is 12.1 Å². The number of rotatable bonds is 3. The lowest BCUT2D eigenvalue weighted by Gasteiger charge is -1.90. The predicted octanol–water partition coefficient (Wildman–Crippen LogP) is 2.05. The molecule has 0 atom stereocenters. The molecule has 2 heterocycles. The first kappa shape index (κ1) is 8.74. The molecule has 13 heavy (non-hydrogen) atoms. The van der Waals surface area contributed by atoms with Gasteiger partial charge in [-0.1, -0.05) is 0 Å². The SMILES string of the molecule is Ic1nnc(CCc2ccco2)o1. The Hall–Kier alpha value is -0.850. The maximum Gasteiger partial charge on any atom is 0.278 e. The number of furan rings is 1. The maximum atomic E-state index is 5.20. The van der Waals surface area contributed by atoms with E-state index >= 15 is 0 Å². The Kier molecular flexibility index (Phi) is 2.62. The zero-order chi connectivity index (χ0) is 9.10. The van der Waals surface area contributed by atoms with Crippen LogP contribution in [0, 0.1) is 3.90 Å². The molecule has 0 saturated carbocycles. The van der Waals surface area contributed by atoms with Crippen LogP contribution in [-0.2, 0) is 12.8 Å². The quantitative estimate of drug-likeness (QED) is 0.812. The van der Waals surface area contributed by atoms with Gasteiger partial charge in [0.15, 0.2) is 0 Å². The third kappa shape index (κ3) is 2.30. The van der Waals surface area contributed by atoms with Gasteiger partial charge in [0.25, 0.3) is 3.90 Å². The number of aromatic nitrogens is 2.